The van der Waals surface area contributed by atoms with Gasteiger partial charge in [0, 0.05) is 18.6 Å². The first-order valence-electron chi connectivity index (χ1n) is 12.2. The molecule has 0 bridgehead atoms. The van der Waals surface area contributed by atoms with Crippen LogP contribution in [0.2, 0.25) is 0 Å². The molecule has 1 amide bonds. The molecule has 0 saturated carbocycles. The number of nitrogens with zero attached hydrogens (tertiary/aromatic N) is 3. The summed E-state index contributed by atoms with van der Waals surface area (Å²) >= 11 is 6.62. The fraction of sp³-hybridized carbons (Fsp3) is 0.393. The molecule has 0 aliphatic heterocycles. The second-order valence-corrected chi connectivity index (χ2v) is 11.5. The van der Waals surface area contributed by atoms with Crippen LogP contribution in [0.3, 0.4) is 0 Å². The van der Waals surface area contributed by atoms with Gasteiger partial charge in [0.1, 0.15) is 10.6 Å². The maximum absolute atomic E-state index is 10.8. The van der Waals surface area contributed by atoms with Gasteiger partial charge in [0.05, 0.1) is 16.4 Å². The molecule has 2 aromatic rings. The van der Waals surface area contributed by atoms with Crippen LogP contribution in [-0.4, -0.2) is 33.1 Å². The minimum Gasteiger partial charge on any atom is -0.386 e. The first-order chi connectivity index (χ1) is 17.9. The minimum atomic E-state index is -0.720. The summed E-state index contributed by atoms with van der Waals surface area (Å²) in [5.41, 5.74) is 19.2. The van der Waals surface area contributed by atoms with E-state index >= 15 is 0 Å². The predicted octanol–water partition coefficient (Wildman–Crippen LogP) is 5.06. The van der Waals surface area contributed by atoms with Crippen molar-refractivity contribution in [3.8, 4) is 6.07 Å². The van der Waals surface area contributed by atoms with E-state index in [9.17, 15) is 10.1 Å². The Morgan fingerprint density at radius 1 is 1.05 bits per heavy atom. The molecule has 8 nitrogen and oxygen atoms in total. The second kappa shape index (κ2) is 16.6. The summed E-state index contributed by atoms with van der Waals surface area (Å²) in [6, 6.07) is 19.5. The lowest BCUT2D eigenvalue weighted by atomic mass is 10.1. The van der Waals surface area contributed by atoms with Crippen molar-refractivity contribution >= 4 is 45.8 Å². The van der Waals surface area contributed by atoms with Gasteiger partial charge < -0.3 is 21.9 Å². The normalized spacial score (nSPS) is 14.0. The van der Waals surface area contributed by atoms with Crippen molar-refractivity contribution in [1.82, 2.24) is 0 Å². The van der Waals surface area contributed by atoms with Crippen LogP contribution in [0.5, 0.6) is 0 Å². The lowest BCUT2D eigenvalue weighted by Gasteiger charge is -2.20. The Morgan fingerprint density at radius 3 is 2.16 bits per heavy atom. The van der Waals surface area contributed by atoms with Gasteiger partial charge in [-0.05, 0) is 44.2 Å². The van der Waals surface area contributed by atoms with E-state index in [0.717, 1.165) is 23.3 Å². The van der Waals surface area contributed by atoms with Crippen molar-refractivity contribution in [2.75, 3.05) is 6.61 Å². The lowest BCUT2D eigenvalue weighted by Crippen LogP contribution is -2.23. The van der Waals surface area contributed by atoms with Crippen LogP contribution in [0.1, 0.15) is 70.3 Å². The Bertz CT molecular complexity index is 1140. The van der Waals surface area contributed by atoms with Gasteiger partial charge in [0.25, 0.3) is 0 Å². The molecule has 204 valence electrons. The van der Waals surface area contributed by atoms with Crippen LogP contribution in [0.25, 0.3) is 0 Å². The summed E-state index contributed by atoms with van der Waals surface area (Å²) in [6.45, 7) is 10.5. The molecule has 0 fully saturated rings. The van der Waals surface area contributed by atoms with Gasteiger partial charge in [-0.25, -0.2) is 0 Å². The largest absolute Gasteiger partial charge is 0.386 e. The van der Waals surface area contributed by atoms with Gasteiger partial charge in [-0.15, -0.1) is 10.2 Å². The van der Waals surface area contributed by atoms with Gasteiger partial charge in [0.15, 0.2) is 5.84 Å². The number of thiocarbonyl (C=S) groups is 1. The number of carbonyl (C=O) groups is 1. The number of hydrogen-bond acceptors (Lipinski definition) is 7. The number of rotatable bonds is 11. The van der Waals surface area contributed by atoms with Crippen molar-refractivity contribution in [3.05, 3.63) is 71.3 Å². The van der Waals surface area contributed by atoms with Crippen molar-refractivity contribution in [3.63, 3.8) is 0 Å². The molecule has 0 aliphatic rings. The molecule has 0 heterocycles. The molecule has 6 N–H and O–H groups in total. The Balaban J connectivity index is 0.000000382. The number of hydrogen-bond donors (Lipinski definition) is 3. The Labute approximate surface area is 235 Å². The highest BCUT2D eigenvalue weighted by Gasteiger charge is 2.27. The van der Waals surface area contributed by atoms with E-state index in [-0.39, 0.29) is 12.5 Å². The number of nitriles is 1. The Kier molecular flexibility index (Phi) is 14.3. The van der Waals surface area contributed by atoms with Crippen LogP contribution in [0, 0.1) is 17.2 Å². The molecular weight excluding hydrogens is 516 g/mol. The molecule has 0 aromatic heterocycles. The molecule has 2 unspecified atom stereocenters. The van der Waals surface area contributed by atoms with Gasteiger partial charge >= 0.3 is 0 Å². The topological polar surface area (TPSA) is 153 Å². The molecule has 0 saturated heterocycles. The van der Waals surface area contributed by atoms with E-state index in [4.69, 9.17) is 34.2 Å². The van der Waals surface area contributed by atoms with E-state index < -0.39 is 10.7 Å². The van der Waals surface area contributed by atoms with Crippen LogP contribution < -0.4 is 17.2 Å². The average Bonchev–Trinajstić information content (AvgIpc) is 2.90. The van der Waals surface area contributed by atoms with E-state index in [1.807, 2.05) is 61.5 Å². The summed E-state index contributed by atoms with van der Waals surface area (Å²) in [4.78, 5) is 10.8. The SMILES string of the molecule is C/C(N)=N/N=C(\N)c1ccc(C(C)OCC(C)C)cc1.CC(C#N)(CCC(N)=O)SC(=S)c1ccccc1. The maximum Gasteiger partial charge on any atom is 0.217 e. The molecule has 0 spiro atoms. The first kappa shape index (κ1) is 32.8. The fourth-order valence-electron chi connectivity index (χ4n) is 2.88. The third-order valence-corrected chi connectivity index (χ3v) is 6.74. The maximum atomic E-state index is 10.8. The summed E-state index contributed by atoms with van der Waals surface area (Å²) in [5, 5.41) is 16.8. The van der Waals surface area contributed by atoms with E-state index in [2.05, 4.69) is 30.1 Å². The van der Waals surface area contributed by atoms with E-state index in [1.54, 1.807) is 13.8 Å². The van der Waals surface area contributed by atoms with E-state index in [1.165, 1.54) is 11.8 Å². The smallest absolute Gasteiger partial charge is 0.217 e. The number of amidine groups is 2. The predicted molar refractivity (Wildman–Crippen MR) is 162 cm³/mol. The summed E-state index contributed by atoms with van der Waals surface area (Å²) in [5.74, 6) is 0.844. The number of primary amides is 1. The first-order valence-corrected chi connectivity index (χ1v) is 13.4. The summed E-state index contributed by atoms with van der Waals surface area (Å²) < 4.78 is 5.71. The third-order valence-electron chi connectivity index (χ3n) is 5.08. The number of carbonyl (C=O) groups excluding carboxylic acids is 1. The highest BCUT2D eigenvalue weighted by atomic mass is 32.2. The Morgan fingerprint density at radius 2 is 1.66 bits per heavy atom. The highest BCUT2D eigenvalue weighted by molar-refractivity contribution is 8.24. The van der Waals surface area contributed by atoms with Crippen molar-refractivity contribution in [2.45, 2.75) is 58.3 Å². The number of amides is 1. The summed E-state index contributed by atoms with van der Waals surface area (Å²) in [7, 11) is 0. The molecule has 2 aromatic carbocycles. The second-order valence-electron chi connectivity index (χ2n) is 9.28. The zero-order valence-electron chi connectivity index (χ0n) is 22.7. The number of nitrogens with two attached hydrogens (primary N) is 3. The number of thioether (sulfide) groups is 1. The van der Waals surface area contributed by atoms with Crippen molar-refractivity contribution in [1.29, 1.82) is 5.26 Å². The highest BCUT2D eigenvalue weighted by Crippen LogP contribution is 2.32. The molecule has 38 heavy (non-hydrogen) atoms. The molecule has 0 aliphatic carbocycles. The molecular formula is C28H38N6O2S2. The van der Waals surface area contributed by atoms with E-state index in [0.29, 0.717) is 28.2 Å². The van der Waals surface area contributed by atoms with Gasteiger partial charge in [-0.2, -0.15) is 5.26 Å². The third kappa shape index (κ3) is 12.8. The standard InChI is InChI=1S/C15H24N4O.C13H14N2OS2/c1-10(2)9-20-11(3)13-5-7-14(8-6-13)15(17)19-18-12(4)16;1-13(9-14,8-7-11(15)16)18-12(17)10-5-3-2-4-6-10/h5-8,10-11H,9H2,1-4H3,(H2,16,18)(H2,17,19);2-6H,7-8H2,1H3,(H2,15,16). The van der Waals surface area contributed by atoms with Crippen LogP contribution in [-0.2, 0) is 9.53 Å². The Hall–Kier alpha value is -3.26. The monoisotopic (exact) mass is 554 g/mol. The fourth-order valence-corrected chi connectivity index (χ4v) is 4.48. The summed E-state index contributed by atoms with van der Waals surface area (Å²) in [6.07, 6.45) is 0.652. The van der Waals surface area contributed by atoms with Crippen molar-refractivity contribution in [2.24, 2.45) is 33.3 Å². The van der Waals surface area contributed by atoms with Crippen molar-refractivity contribution < 1.29 is 9.53 Å². The molecule has 2 rings (SSSR count). The lowest BCUT2D eigenvalue weighted by molar-refractivity contribution is -0.118. The quantitative estimate of drug-likeness (QED) is 0.152. The zero-order chi connectivity index (χ0) is 28.7. The van der Waals surface area contributed by atoms with Crippen LogP contribution >= 0.6 is 24.0 Å². The molecule has 2 atom stereocenters. The zero-order valence-corrected chi connectivity index (χ0v) is 24.3. The number of ether oxygens (including phenoxy) is 1. The van der Waals surface area contributed by atoms with Gasteiger partial charge in [-0.1, -0.05) is 92.4 Å². The van der Waals surface area contributed by atoms with Gasteiger partial charge in [0.2, 0.25) is 5.91 Å². The van der Waals surface area contributed by atoms with Crippen LogP contribution in [0.4, 0.5) is 0 Å². The van der Waals surface area contributed by atoms with Crippen LogP contribution in [0.15, 0.2) is 64.8 Å². The van der Waals surface area contributed by atoms with Gasteiger partial charge in [-0.3, -0.25) is 4.79 Å². The minimum absolute atomic E-state index is 0.0638. The average molecular weight is 555 g/mol. The molecule has 0 radical (unpaired) electrons. The number of benzene rings is 2. The molecule has 10 heteroatoms.